The molecule has 2 amide bonds. The van der Waals surface area contributed by atoms with Crippen molar-refractivity contribution < 1.29 is 19.1 Å². The number of amides is 2. The maximum atomic E-state index is 12.9. The molecule has 0 saturated carbocycles. The van der Waals surface area contributed by atoms with E-state index in [1.54, 1.807) is 29.2 Å². The van der Waals surface area contributed by atoms with Crippen molar-refractivity contribution in [1.82, 2.24) is 5.32 Å². The van der Waals surface area contributed by atoms with Gasteiger partial charge in [0.05, 0.1) is 31.2 Å². The number of esters is 1. The standard InChI is InChI=1S/C21H20BrClN2O4/c1-29-20(27)11-17(13-6-8-15(23)9-7-13)24-21(28)14-10-19(26)25(12-14)18-5-3-2-4-16(18)22/h2-9,14,17H,10-12H2,1H3,(H,24,28). The minimum Gasteiger partial charge on any atom is -0.469 e. The highest BCUT2D eigenvalue weighted by Crippen LogP contribution is 2.32. The van der Waals surface area contributed by atoms with E-state index in [-0.39, 0.29) is 31.2 Å². The molecule has 0 radical (unpaired) electrons. The molecule has 1 N–H and O–H groups in total. The number of nitrogens with one attached hydrogen (secondary N) is 1. The molecule has 8 heteroatoms. The van der Waals surface area contributed by atoms with E-state index in [2.05, 4.69) is 21.2 Å². The largest absolute Gasteiger partial charge is 0.469 e. The Kier molecular flexibility index (Phi) is 6.92. The first kappa shape index (κ1) is 21.3. The zero-order chi connectivity index (χ0) is 21.0. The molecule has 6 nitrogen and oxygen atoms in total. The maximum absolute atomic E-state index is 12.9. The quantitative estimate of drug-likeness (QED) is 0.638. The lowest BCUT2D eigenvalue weighted by Gasteiger charge is -2.21. The lowest BCUT2D eigenvalue weighted by molar-refractivity contribution is -0.141. The fraction of sp³-hybridized carbons (Fsp3) is 0.286. The molecule has 1 fully saturated rings. The van der Waals surface area contributed by atoms with Gasteiger partial charge in [-0.05, 0) is 45.8 Å². The lowest BCUT2D eigenvalue weighted by atomic mass is 10.0. The van der Waals surface area contributed by atoms with Crippen LogP contribution < -0.4 is 10.2 Å². The summed E-state index contributed by atoms with van der Waals surface area (Å²) in [4.78, 5) is 38.8. The Balaban J connectivity index is 1.74. The van der Waals surface area contributed by atoms with Crippen LogP contribution in [0.15, 0.2) is 53.0 Å². The number of carbonyl (C=O) groups is 3. The number of rotatable bonds is 6. The highest BCUT2D eigenvalue weighted by Gasteiger charge is 2.36. The van der Waals surface area contributed by atoms with Gasteiger partial charge in [-0.2, -0.15) is 0 Å². The normalized spacial score (nSPS) is 17.1. The number of halogens is 2. The van der Waals surface area contributed by atoms with E-state index in [4.69, 9.17) is 16.3 Å². The number of anilines is 1. The van der Waals surface area contributed by atoms with Crippen molar-refractivity contribution in [1.29, 1.82) is 0 Å². The molecule has 2 aromatic rings. The number of methoxy groups -OCH3 is 1. The molecule has 2 aromatic carbocycles. The van der Waals surface area contributed by atoms with Gasteiger partial charge in [-0.15, -0.1) is 0 Å². The highest BCUT2D eigenvalue weighted by molar-refractivity contribution is 9.10. The molecular weight excluding hydrogens is 460 g/mol. The number of hydrogen-bond donors (Lipinski definition) is 1. The van der Waals surface area contributed by atoms with E-state index >= 15 is 0 Å². The Morgan fingerprint density at radius 3 is 2.59 bits per heavy atom. The van der Waals surface area contributed by atoms with Crippen LogP contribution in [0.2, 0.25) is 5.02 Å². The van der Waals surface area contributed by atoms with Gasteiger partial charge in [0.15, 0.2) is 0 Å². The van der Waals surface area contributed by atoms with Gasteiger partial charge < -0.3 is 15.0 Å². The summed E-state index contributed by atoms with van der Waals surface area (Å²) in [6, 6.07) is 13.7. The number of benzene rings is 2. The van der Waals surface area contributed by atoms with E-state index in [1.165, 1.54) is 7.11 Å². The first-order chi connectivity index (χ1) is 13.9. The van der Waals surface area contributed by atoms with E-state index in [0.29, 0.717) is 5.02 Å². The van der Waals surface area contributed by atoms with Gasteiger partial charge in [0.2, 0.25) is 11.8 Å². The molecule has 1 saturated heterocycles. The zero-order valence-electron chi connectivity index (χ0n) is 15.7. The molecule has 0 bridgehead atoms. The van der Waals surface area contributed by atoms with Gasteiger partial charge in [0, 0.05) is 22.5 Å². The van der Waals surface area contributed by atoms with Gasteiger partial charge in [-0.1, -0.05) is 35.9 Å². The summed E-state index contributed by atoms with van der Waals surface area (Å²) >= 11 is 9.38. The van der Waals surface area contributed by atoms with Crippen LogP contribution in [0.25, 0.3) is 0 Å². The third-order valence-electron chi connectivity index (χ3n) is 4.83. The maximum Gasteiger partial charge on any atom is 0.307 e. The van der Waals surface area contributed by atoms with Gasteiger partial charge in [0.25, 0.3) is 0 Å². The number of nitrogens with zero attached hydrogens (tertiary/aromatic N) is 1. The first-order valence-electron chi connectivity index (χ1n) is 9.06. The number of carbonyl (C=O) groups excluding carboxylic acids is 3. The molecule has 2 unspecified atom stereocenters. The number of hydrogen-bond acceptors (Lipinski definition) is 4. The Morgan fingerprint density at radius 2 is 1.93 bits per heavy atom. The van der Waals surface area contributed by atoms with Gasteiger partial charge in [0.1, 0.15) is 0 Å². The second kappa shape index (κ2) is 9.41. The summed E-state index contributed by atoms with van der Waals surface area (Å²) in [5, 5.41) is 3.45. The van der Waals surface area contributed by atoms with Crippen molar-refractivity contribution in [3.63, 3.8) is 0 Å². The topological polar surface area (TPSA) is 75.7 Å². The molecule has 0 aromatic heterocycles. The molecule has 29 heavy (non-hydrogen) atoms. The molecule has 1 heterocycles. The molecule has 0 spiro atoms. The van der Waals surface area contributed by atoms with Crippen LogP contribution in [-0.2, 0) is 19.1 Å². The van der Waals surface area contributed by atoms with Crippen LogP contribution in [0.3, 0.4) is 0 Å². The summed E-state index contributed by atoms with van der Waals surface area (Å²) < 4.78 is 5.55. The predicted molar refractivity (Wildman–Crippen MR) is 114 cm³/mol. The Hall–Kier alpha value is -2.38. The van der Waals surface area contributed by atoms with Crippen molar-refractivity contribution in [2.75, 3.05) is 18.6 Å². The van der Waals surface area contributed by atoms with Crippen molar-refractivity contribution in [3.8, 4) is 0 Å². The van der Waals surface area contributed by atoms with Crippen LogP contribution in [0.5, 0.6) is 0 Å². The zero-order valence-corrected chi connectivity index (χ0v) is 18.1. The molecular formula is C21H20BrClN2O4. The minimum absolute atomic E-state index is 0.0154. The van der Waals surface area contributed by atoms with E-state index < -0.39 is 17.9 Å². The van der Waals surface area contributed by atoms with Crippen molar-refractivity contribution in [2.45, 2.75) is 18.9 Å². The van der Waals surface area contributed by atoms with Crippen molar-refractivity contribution in [2.24, 2.45) is 5.92 Å². The fourth-order valence-electron chi connectivity index (χ4n) is 3.27. The third kappa shape index (κ3) is 5.16. The summed E-state index contributed by atoms with van der Waals surface area (Å²) in [5.74, 6) is -1.35. The first-order valence-corrected chi connectivity index (χ1v) is 10.2. The Labute approximate surface area is 182 Å². The van der Waals surface area contributed by atoms with Crippen LogP contribution >= 0.6 is 27.5 Å². The van der Waals surface area contributed by atoms with Crippen molar-refractivity contribution in [3.05, 3.63) is 63.6 Å². The average molecular weight is 480 g/mol. The van der Waals surface area contributed by atoms with E-state index in [0.717, 1.165) is 15.7 Å². The number of ether oxygens (including phenoxy) is 1. The van der Waals surface area contributed by atoms with Gasteiger partial charge in [-0.3, -0.25) is 14.4 Å². The molecule has 0 aliphatic carbocycles. The molecule has 2 atom stereocenters. The molecule has 152 valence electrons. The Bertz CT molecular complexity index is 919. The van der Waals surface area contributed by atoms with Crippen LogP contribution in [-0.4, -0.2) is 31.4 Å². The van der Waals surface area contributed by atoms with Crippen LogP contribution in [0.4, 0.5) is 5.69 Å². The lowest BCUT2D eigenvalue weighted by Crippen LogP contribution is -2.36. The summed E-state index contributed by atoms with van der Waals surface area (Å²) in [6.45, 7) is 0.277. The smallest absolute Gasteiger partial charge is 0.307 e. The predicted octanol–water partition coefficient (Wildman–Crippen LogP) is 3.88. The van der Waals surface area contributed by atoms with Gasteiger partial charge >= 0.3 is 5.97 Å². The monoisotopic (exact) mass is 478 g/mol. The summed E-state index contributed by atoms with van der Waals surface area (Å²) in [6.07, 6.45) is 0.0945. The SMILES string of the molecule is COC(=O)CC(NC(=O)C1CC(=O)N(c2ccccc2Br)C1)c1ccc(Cl)cc1. The summed E-state index contributed by atoms with van der Waals surface area (Å²) in [5.41, 5.74) is 1.47. The molecule has 1 aliphatic heterocycles. The molecule has 1 aliphatic rings. The third-order valence-corrected chi connectivity index (χ3v) is 5.75. The molecule has 3 rings (SSSR count). The average Bonchev–Trinajstić information content (AvgIpc) is 3.10. The number of para-hydroxylation sites is 1. The second-order valence-corrected chi connectivity index (χ2v) is 8.04. The minimum atomic E-state index is -0.570. The van der Waals surface area contributed by atoms with Gasteiger partial charge in [-0.25, -0.2) is 0 Å². The van der Waals surface area contributed by atoms with Crippen molar-refractivity contribution >= 4 is 51.0 Å². The summed E-state index contributed by atoms with van der Waals surface area (Å²) in [7, 11) is 1.30. The van der Waals surface area contributed by atoms with Crippen LogP contribution in [0, 0.1) is 5.92 Å². The second-order valence-electron chi connectivity index (χ2n) is 6.75. The fourth-order valence-corrected chi connectivity index (χ4v) is 3.90. The highest BCUT2D eigenvalue weighted by atomic mass is 79.9. The van der Waals surface area contributed by atoms with E-state index in [1.807, 2.05) is 24.3 Å². The van der Waals surface area contributed by atoms with E-state index in [9.17, 15) is 14.4 Å². The Morgan fingerprint density at radius 1 is 1.24 bits per heavy atom. The van der Waals surface area contributed by atoms with Crippen LogP contribution in [0.1, 0.15) is 24.4 Å².